The van der Waals surface area contributed by atoms with Gasteiger partial charge in [0, 0.05) is 31.5 Å². The Labute approximate surface area is 123 Å². The van der Waals surface area contributed by atoms with E-state index in [0.29, 0.717) is 11.5 Å². The third-order valence-electron chi connectivity index (χ3n) is 5.55. The molecular formula is C18H28N2. The van der Waals surface area contributed by atoms with E-state index in [0.717, 1.165) is 0 Å². The third kappa shape index (κ3) is 2.41. The summed E-state index contributed by atoms with van der Waals surface area (Å²) in [7, 11) is 4.25. The molecule has 1 aromatic rings. The van der Waals surface area contributed by atoms with Gasteiger partial charge in [0.15, 0.2) is 0 Å². The second-order valence-electron chi connectivity index (χ2n) is 7.05. The molecule has 2 aliphatic rings. The SMILES string of the molecule is Cc1ccc(NC2CCC23CCCCC3)cc1N(C)C. The maximum atomic E-state index is 3.83. The second-order valence-corrected chi connectivity index (χ2v) is 7.05. The summed E-state index contributed by atoms with van der Waals surface area (Å²) in [5.41, 5.74) is 4.60. The lowest BCUT2D eigenvalue weighted by atomic mass is 9.57. The van der Waals surface area contributed by atoms with E-state index >= 15 is 0 Å². The quantitative estimate of drug-likeness (QED) is 0.866. The fourth-order valence-electron chi connectivity index (χ4n) is 4.16. The van der Waals surface area contributed by atoms with E-state index in [4.69, 9.17) is 0 Å². The van der Waals surface area contributed by atoms with E-state index in [-0.39, 0.29) is 0 Å². The van der Waals surface area contributed by atoms with Crippen molar-refractivity contribution in [1.82, 2.24) is 0 Å². The van der Waals surface area contributed by atoms with Crippen LogP contribution in [0.5, 0.6) is 0 Å². The number of anilines is 2. The third-order valence-corrected chi connectivity index (χ3v) is 5.55. The van der Waals surface area contributed by atoms with Crippen molar-refractivity contribution in [3.8, 4) is 0 Å². The van der Waals surface area contributed by atoms with Crippen LogP contribution >= 0.6 is 0 Å². The van der Waals surface area contributed by atoms with Crippen LogP contribution < -0.4 is 10.2 Å². The molecule has 2 fully saturated rings. The van der Waals surface area contributed by atoms with Crippen molar-refractivity contribution in [2.24, 2.45) is 5.41 Å². The number of nitrogens with zero attached hydrogens (tertiary/aromatic N) is 1. The van der Waals surface area contributed by atoms with Crippen molar-refractivity contribution in [3.63, 3.8) is 0 Å². The highest BCUT2D eigenvalue weighted by molar-refractivity contribution is 5.62. The molecule has 2 nitrogen and oxygen atoms in total. The van der Waals surface area contributed by atoms with Crippen LogP contribution in [0.2, 0.25) is 0 Å². The fourth-order valence-corrected chi connectivity index (χ4v) is 4.16. The van der Waals surface area contributed by atoms with Crippen LogP contribution in [0, 0.1) is 12.3 Å². The highest BCUT2D eigenvalue weighted by Crippen LogP contribution is 2.52. The van der Waals surface area contributed by atoms with Gasteiger partial charge in [0.2, 0.25) is 0 Å². The van der Waals surface area contributed by atoms with Gasteiger partial charge in [-0.2, -0.15) is 0 Å². The number of benzene rings is 1. The van der Waals surface area contributed by atoms with Gasteiger partial charge in [-0.15, -0.1) is 0 Å². The molecule has 2 saturated carbocycles. The van der Waals surface area contributed by atoms with E-state index in [1.54, 1.807) is 0 Å². The van der Waals surface area contributed by atoms with E-state index < -0.39 is 0 Å². The minimum atomic E-state index is 0.626. The van der Waals surface area contributed by atoms with Gasteiger partial charge in [-0.05, 0) is 55.7 Å². The Kier molecular flexibility index (Phi) is 3.66. The molecule has 1 atom stereocenters. The lowest BCUT2D eigenvalue weighted by Gasteiger charge is -2.52. The van der Waals surface area contributed by atoms with Crippen LogP contribution in [0.1, 0.15) is 50.5 Å². The average Bonchev–Trinajstić information content (AvgIpc) is 2.45. The summed E-state index contributed by atoms with van der Waals surface area (Å²) >= 11 is 0. The molecule has 1 aromatic carbocycles. The van der Waals surface area contributed by atoms with Gasteiger partial charge < -0.3 is 10.2 Å². The number of hydrogen-bond acceptors (Lipinski definition) is 2. The van der Waals surface area contributed by atoms with E-state index in [9.17, 15) is 0 Å². The monoisotopic (exact) mass is 272 g/mol. The molecular weight excluding hydrogens is 244 g/mol. The molecule has 0 bridgehead atoms. The average molecular weight is 272 g/mol. The van der Waals surface area contributed by atoms with Crippen LogP contribution in [0.25, 0.3) is 0 Å². The van der Waals surface area contributed by atoms with Crippen molar-refractivity contribution in [1.29, 1.82) is 0 Å². The van der Waals surface area contributed by atoms with E-state index in [2.05, 4.69) is 49.4 Å². The number of hydrogen-bond donors (Lipinski definition) is 1. The zero-order valence-corrected chi connectivity index (χ0v) is 13.2. The fraction of sp³-hybridized carbons (Fsp3) is 0.667. The van der Waals surface area contributed by atoms with Crippen molar-refractivity contribution >= 4 is 11.4 Å². The number of aryl methyl sites for hydroxylation is 1. The van der Waals surface area contributed by atoms with Crippen LogP contribution in [0.4, 0.5) is 11.4 Å². The van der Waals surface area contributed by atoms with Crippen molar-refractivity contribution < 1.29 is 0 Å². The molecule has 0 saturated heterocycles. The molecule has 1 N–H and O–H groups in total. The van der Waals surface area contributed by atoms with Crippen LogP contribution in [-0.2, 0) is 0 Å². The summed E-state index contributed by atoms with van der Waals surface area (Å²) in [6.45, 7) is 2.19. The van der Waals surface area contributed by atoms with E-state index in [1.807, 2.05) is 0 Å². The van der Waals surface area contributed by atoms with Gasteiger partial charge in [0.05, 0.1) is 0 Å². The van der Waals surface area contributed by atoms with Gasteiger partial charge in [-0.1, -0.05) is 25.3 Å². The Bertz CT molecular complexity index is 472. The Morgan fingerprint density at radius 3 is 2.45 bits per heavy atom. The maximum absolute atomic E-state index is 3.83. The smallest absolute Gasteiger partial charge is 0.0411 e. The van der Waals surface area contributed by atoms with Crippen molar-refractivity contribution in [3.05, 3.63) is 23.8 Å². The van der Waals surface area contributed by atoms with Crippen molar-refractivity contribution in [2.75, 3.05) is 24.3 Å². The molecule has 20 heavy (non-hydrogen) atoms. The van der Waals surface area contributed by atoms with Gasteiger partial charge in [0.25, 0.3) is 0 Å². The summed E-state index contributed by atoms with van der Waals surface area (Å²) in [6, 6.07) is 7.51. The minimum absolute atomic E-state index is 0.626. The lowest BCUT2D eigenvalue weighted by Crippen LogP contribution is -2.50. The molecule has 110 valence electrons. The molecule has 1 unspecified atom stereocenters. The first-order valence-electron chi connectivity index (χ1n) is 8.15. The lowest BCUT2D eigenvalue weighted by molar-refractivity contribution is 0.0571. The highest BCUT2D eigenvalue weighted by Gasteiger charge is 2.46. The molecule has 2 aliphatic carbocycles. The summed E-state index contributed by atoms with van der Waals surface area (Å²) < 4.78 is 0. The molecule has 1 spiro atoms. The van der Waals surface area contributed by atoms with Crippen LogP contribution in [0.3, 0.4) is 0 Å². The summed E-state index contributed by atoms with van der Waals surface area (Å²) in [6.07, 6.45) is 10.0. The van der Waals surface area contributed by atoms with Gasteiger partial charge in [0.1, 0.15) is 0 Å². The highest BCUT2D eigenvalue weighted by atomic mass is 15.1. The number of nitrogens with one attached hydrogen (secondary N) is 1. The van der Waals surface area contributed by atoms with Crippen LogP contribution in [0.15, 0.2) is 18.2 Å². The normalized spacial score (nSPS) is 24.2. The zero-order valence-electron chi connectivity index (χ0n) is 13.2. The molecule has 0 aliphatic heterocycles. The first kappa shape index (κ1) is 13.8. The number of rotatable bonds is 3. The van der Waals surface area contributed by atoms with Gasteiger partial charge in [-0.25, -0.2) is 0 Å². The summed E-state index contributed by atoms with van der Waals surface area (Å²) in [5.74, 6) is 0. The van der Waals surface area contributed by atoms with Crippen LogP contribution in [-0.4, -0.2) is 20.1 Å². The molecule has 0 radical (unpaired) electrons. The minimum Gasteiger partial charge on any atom is -0.382 e. The molecule has 0 heterocycles. The first-order chi connectivity index (χ1) is 9.61. The zero-order chi connectivity index (χ0) is 14.2. The maximum Gasteiger partial charge on any atom is 0.0411 e. The summed E-state index contributed by atoms with van der Waals surface area (Å²) in [5, 5.41) is 3.83. The van der Waals surface area contributed by atoms with E-state index in [1.165, 1.54) is 61.9 Å². The predicted octanol–water partition coefficient (Wildman–Crippen LogP) is 4.59. The first-order valence-corrected chi connectivity index (χ1v) is 8.15. The molecule has 3 rings (SSSR count). The Balaban J connectivity index is 1.73. The largest absolute Gasteiger partial charge is 0.382 e. The molecule has 0 amide bonds. The Morgan fingerprint density at radius 1 is 1.10 bits per heavy atom. The van der Waals surface area contributed by atoms with Gasteiger partial charge >= 0.3 is 0 Å². The second kappa shape index (κ2) is 5.31. The Morgan fingerprint density at radius 2 is 1.85 bits per heavy atom. The predicted molar refractivity (Wildman–Crippen MR) is 87.7 cm³/mol. The topological polar surface area (TPSA) is 15.3 Å². The Hall–Kier alpha value is -1.18. The van der Waals surface area contributed by atoms with Crippen molar-refractivity contribution in [2.45, 2.75) is 57.9 Å². The summed E-state index contributed by atoms with van der Waals surface area (Å²) in [4.78, 5) is 2.21. The molecule has 0 aromatic heterocycles. The standard InChI is InChI=1S/C18H28N2/c1-14-7-8-15(13-16(14)20(2)3)19-17-9-12-18(17)10-5-4-6-11-18/h7-8,13,17,19H,4-6,9-12H2,1-3H3. The van der Waals surface area contributed by atoms with Gasteiger partial charge in [-0.3, -0.25) is 0 Å². The molecule has 2 heteroatoms.